The van der Waals surface area contributed by atoms with Gasteiger partial charge in [0.2, 0.25) is 0 Å². The fraction of sp³-hybridized carbons (Fsp3) is 1.00. The maximum absolute atomic E-state index is 11.9. The zero-order valence-electron chi connectivity index (χ0n) is 10.4. The lowest BCUT2D eigenvalue weighted by molar-refractivity contribution is -0.193. The van der Waals surface area contributed by atoms with E-state index in [4.69, 9.17) is 0 Å². The lowest BCUT2D eigenvalue weighted by atomic mass is 9.95. The molecule has 2 atom stereocenters. The summed E-state index contributed by atoms with van der Waals surface area (Å²) in [6.07, 6.45) is 3.39. The third-order valence-corrected chi connectivity index (χ3v) is 3.27. The van der Waals surface area contributed by atoms with Crippen LogP contribution in [0, 0.1) is 5.92 Å². The molecule has 5 heteroatoms. The fourth-order valence-corrected chi connectivity index (χ4v) is 2.43. The molecule has 0 radical (unpaired) electrons. The van der Waals surface area contributed by atoms with Crippen LogP contribution in [0.1, 0.15) is 51.9 Å². The first-order valence-corrected chi connectivity index (χ1v) is 6.45. The van der Waals surface area contributed by atoms with Gasteiger partial charge in [0, 0.05) is 6.04 Å². The van der Waals surface area contributed by atoms with E-state index in [-0.39, 0.29) is 6.04 Å². The highest BCUT2D eigenvalue weighted by atomic mass is 19.4. The van der Waals surface area contributed by atoms with Crippen LogP contribution < -0.4 is 5.48 Å². The van der Waals surface area contributed by atoms with E-state index < -0.39 is 12.8 Å². The van der Waals surface area contributed by atoms with E-state index in [1.54, 1.807) is 0 Å². The van der Waals surface area contributed by atoms with E-state index in [1.165, 1.54) is 19.3 Å². The number of hydrogen-bond donors (Lipinski definition) is 1. The van der Waals surface area contributed by atoms with Crippen molar-refractivity contribution in [2.75, 3.05) is 6.61 Å². The molecule has 0 aromatic heterocycles. The van der Waals surface area contributed by atoms with E-state index in [0.29, 0.717) is 0 Å². The van der Waals surface area contributed by atoms with Crippen molar-refractivity contribution in [2.45, 2.75) is 64.1 Å². The Bertz CT molecular complexity index is 208. The number of alkyl halides is 3. The summed E-state index contributed by atoms with van der Waals surface area (Å²) in [7, 11) is 0. The van der Waals surface area contributed by atoms with Gasteiger partial charge >= 0.3 is 6.18 Å². The highest BCUT2D eigenvalue weighted by molar-refractivity contribution is 4.72. The molecule has 0 amide bonds. The van der Waals surface area contributed by atoms with Crippen LogP contribution in [0.15, 0.2) is 0 Å². The largest absolute Gasteiger partial charge is 0.413 e. The summed E-state index contributed by atoms with van der Waals surface area (Å²) in [4.78, 5) is 4.51. The van der Waals surface area contributed by atoms with Gasteiger partial charge in [-0.25, -0.2) is 0 Å². The average Bonchev–Trinajstić information content (AvgIpc) is 2.43. The Morgan fingerprint density at radius 3 is 2.59 bits per heavy atom. The van der Waals surface area contributed by atoms with Crippen molar-refractivity contribution in [1.82, 2.24) is 5.48 Å². The number of halogens is 3. The summed E-state index contributed by atoms with van der Waals surface area (Å²) in [5.74, 6) is 0.745. The molecular weight excluding hydrogens is 231 g/mol. The minimum absolute atomic E-state index is 0.0826. The smallest absolute Gasteiger partial charge is 0.292 e. The maximum Gasteiger partial charge on any atom is 0.413 e. The van der Waals surface area contributed by atoms with Crippen molar-refractivity contribution >= 4 is 0 Å². The van der Waals surface area contributed by atoms with Crippen LogP contribution in [-0.2, 0) is 4.84 Å². The molecule has 0 bridgehead atoms. The van der Waals surface area contributed by atoms with E-state index in [9.17, 15) is 13.2 Å². The van der Waals surface area contributed by atoms with Crippen molar-refractivity contribution in [3.63, 3.8) is 0 Å². The summed E-state index contributed by atoms with van der Waals surface area (Å²) >= 11 is 0. The zero-order valence-corrected chi connectivity index (χ0v) is 10.4. The van der Waals surface area contributed by atoms with Crippen LogP contribution in [0.2, 0.25) is 0 Å². The summed E-state index contributed by atoms with van der Waals surface area (Å²) < 4.78 is 35.7. The first kappa shape index (κ1) is 14.8. The highest BCUT2D eigenvalue weighted by Gasteiger charge is 2.28. The highest BCUT2D eigenvalue weighted by Crippen LogP contribution is 2.26. The van der Waals surface area contributed by atoms with E-state index in [0.717, 1.165) is 31.6 Å². The van der Waals surface area contributed by atoms with Gasteiger partial charge in [0.25, 0.3) is 0 Å². The Hall–Kier alpha value is -0.290. The van der Waals surface area contributed by atoms with Crippen LogP contribution in [0.5, 0.6) is 0 Å². The number of nitrogens with one attached hydrogen (secondary N) is 1. The van der Waals surface area contributed by atoms with Gasteiger partial charge < -0.3 is 0 Å². The van der Waals surface area contributed by atoms with Crippen molar-refractivity contribution in [3.8, 4) is 0 Å². The SMILES string of the molecule is CCCC1CCCC(NOCC(F)(F)F)CC1. The molecule has 0 aliphatic heterocycles. The Morgan fingerprint density at radius 2 is 1.94 bits per heavy atom. The van der Waals surface area contributed by atoms with Crippen molar-refractivity contribution < 1.29 is 18.0 Å². The minimum Gasteiger partial charge on any atom is -0.292 e. The van der Waals surface area contributed by atoms with Gasteiger partial charge in [-0.1, -0.05) is 32.6 Å². The van der Waals surface area contributed by atoms with Gasteiger partial charge in [0.15, 0.2) is 6.61 Å². The molecule has 0 spiro atoms. The van der Waals surface area contributed by atoms with Crippen LogP contribution in [-0.4, -0.2) is 18.8 Å². The summed E-state index contributed by atoms with van der Waals surface area (Å²) in [6, 6.07) is 0.0826. The molecule has 2 unspecified atom stereocenters. The summed E-state index contributed by atoms with van der Waals surface area (Å²) in [5, 5.41) is 0. The normalized spacial score (nSPS) is 26.8. The molecule has 0 saturated heterocycles. The molecule has 1 fully saturated rings. The van der Waals surface area contributed by atoms with Crippen LogP contribution in [0.25, 0.3) is 0 Å². The van der Waals surface area contributed by atoms with Crippen LogP contribution in [0.4, 0.5) is 13.2 Å². The van der Waals surface area contributed by atoms with Crippen LogP contribution in [0.3, 0.4) is 0 Å². The van der Waals surface area contributed by atoms with E-state index in [2.05, 4.69) is 17.2 Å². The molecule has 102 valence electrons. The van der Waals surface area contributed by atoms with Crippen molar-refractivity contribution in [1.29, 1.82) is 0 Å². The molecule has 17 heavy (non-hydrogen) atoms. The predicted octanol–water partition coefficient (Wildman–Crippen LogP) is 3.82. The molecule has 1 saturated carbocycles. The lowest BCUT2D eigenvalue weighted by Crippen LogP contribution is -2.32. The fourth-order valence-electron chi connectivity index (χ4n) is 2.43. The second kappa shape index (κ2) is 7.21. The van der Waals surface area contributed by atoms with Crippen LogP contribution >= 0.6 is 0 Å². The van der Waals surface area contributed by atoms with Gasteiger partial charge in [-0.2, -0.15) is 18.7 Å². The molecular formula is C12H22F3NO. The summed E-state index contributed by atoms with van der Waals surface area (Å²) in [5.41, 5.74) is 2.56. The molecule has 1 aliphatic carbocycles. The van der Waals surface area contributed by atoms with Gasteiger partial charge in [-0.15, -0.1) is 0 Å². The molecule has 1 aliphatic rings. The molecule has 1 rings (SSSR count). The monoisotopic (exact) mass is 253 g/mol. The van der Waals surface area contributed by atoms with Gasteiger partial charge in [-0.05, 0) is 25.2 Å². The van der Waals surface area contributed by atoms with E-state index >= 15 is 0 Å². The lowest BCUT2D eigenvalue weighted by Gasteiger charge is -2.17. The van der Waals surface area contributed by atoms with Crippen molar-refractivity contribution in [2.24, 2.45) is 5.92 Å². The van der Waals surface area contributed by atoms with E-state index in [1.807, 2.05) is 0 Å². The minimum atomic E-state index is -4.25. The van der Waals surface area contributed by atoms with Gasteiger partial charge in [0.1, 0.15) is 0 Å². The molecule has 2 nitrogen and oxygen atoms in total. The zero-order chi connectivity index (χ0) is 12.7. The van der Waals surface area contributed by atoms with Gasteiger partial charge in [-0.3, -0.25) is 4.84 Å². The van der Waals surface area contributed by atoms with Crippen molar-refractivity contribution in [3.05, 3.63) is 0 Å². The average molecular weight is 253 g/mol. The first-order valence-electron chi connectivity index (χ1n) is 6.45. The first-order chi connectivity index (χ1) is 8.01. The molecule has 0 aromatic rings. The quantitative estimate of drug-likeness (QED) is 0.594. The Labute approximate surface area is 101 Å². The Kier molecular flexibility index (Phi) is 6.27. The summed E-state index contributed by atoms with van der Waals surface area (Å²) in [6.45, 7) is 0.967. The standard InChI is InChI=1S/C12H22F3NO/c1-2-4-10-5-3-6-11(8-7-10)16-17-9-12(13,14)15/h10-11,16H,2-9H2,1H3. The third-order valence-electron chi connectivity index (χ3n) is 3.27. The maximum atomic E-state index is 11.9. The Morgan fingerprint density at radius 1 is 1.18 bits per heavy atom. The molecule has 1 N–H and O–H groups in total. The number of rotatable bonds is 5. The van der Waals surface area contributed by atoms with Gasteiger partial charge in [0.05, 0.1) is 0 Å². The second-order valence-electron chi connectivity index (χ2n) is 4.88. The number of hydroxylamine groups is 1. The predicted molar refractivity (Wildman–Crippen MR) is 60.4 cm³/mol. The second-order valence-corrected chi connectivity index (χ2v) is 4.88. The topological polar surface area (TPSA) is 21.3 Å². The third kappa shape index (κ3) is 6.88. The molecule has 0 aromatic carbocycles. The molecule has 0 heterocycles. The number of hydrogen-bond acceptors (Lipinski definition) is 2. The Balaban J connectivity index is 2.18.